The highest BCUT2D eigenvalue weighted by atomic mass is 19.1. The van der Waals surface area contributed by atoms with E-state index in [0.717, 1.165) is 58.6 Å². The van der Waals surface area contributed by atoms with Crippen LogP contribution >= 0.6 is 0 Å². The molecule has 0 spiro atoms. The summed E-state index contributed by atoms with van der Waals surface area (Å²) in [6.07, 6.45) is 4.10. The Hall–Kier alpha value is -3.20. The van der Waals surface area contributed by atoms with Crippen LogP contribution in [0.1, 0.15) is 36.5 Å². The van der Waals surface area contributed by atoms with Crippen molar-refractivity contribution < 1.29 is 13.9 Å². The zero-order chi connectivity index (χ0) is 20.2. The summed E-state index contributed by atoms with van der Waals surface area (Å²) < 4.78 is 20.5. The first kappa shape index (κ1) is 19.1. The Morgan fingerprint density at radius 1 is 0.828 bits per heavy atom. The second kappa shape index (κ2) is 8.44. The fourth-order valence-electron chi connectivity index (χ4n) is 3.87. The third-order valence-corrected chi connectivity index (χ3v) is 5.33. The molecule has 0 aliphatic rings. The van der Waals surface area contributed by atoms with Gasteiger partial charge in [-0.3, -0.25) is 4.79 Å². The lowest BCUT2D eigenvalue weighted by molar-refractivity contribution is 0.112. The molecule has 0 amide bonds. The van der Waals surface area contributed by atoms with E-state index in [2.05, 4.69) is 6.92 Å². The topological polar surface area (TPSA) is 26.3 Å². The van der Waals surface area contributed by atoms with E-state index in [4.69, 9.17) is 4.74 Å². The summed E-state index contributed by atoms with van der Waals surface area (Å²) in [4.78, 5) is 12.1. The first-order chi connectivity index (χ1) is 14.2. The van der Waals surface area contributed by atoms with Crippen LogP contribution in [0.15, 0.2) is 66.7 Å². The number of halogens is 1. The van der Waals surface area contributed by atoms with E-state index in [-0.39, 0.29) is 5.82 Å². The molecule has 4 aromatic rings. The fourth-order valence-corrected chi connectivity index (χ4v) is 3.87. The molecule has 0 unspecified atom stereocenters. The van der Waals surface area contributed by atoms with Gasteiger partial charge in [-0.15, -0.1) is 0 Å². The van der Waals surface area contributed by atoms with Gasteiger partial charge in [-0.1, -0.05) is 74.4 Å². The summed E-state index contributed by atoms with van der Waals surface area (Å²) >= 11 is 0. The van der Waals surface area contributed by atoms with Crippen LogP contribution in [0.2, 0.25) is 0 Å². The van der Waals surface area contributed by atoms with Crippen molar-refractivity contribution in [1.29, 1.82) is 0 Å². The molecule has 0 saturated heterocycles. The number of unbranched alkanes of at least 4 members (excludes halogenated alkanes) is 2. The molecule has 0 heterocycles. The number of benzene rings is 4. The summed E-state index contributed by atoms with van der Waals surface area (Å²) in [6, 6.07) is 20.3. The Bertz CT molecular complexity index is 1180. The average Bonchev–Trinajstić information content (AvgIpc) is 2.77. The van der Waals surface area contributed by atoms with Crippen LogP contribution in [0.5, 0.6) is 5.75 Å². The molecule has 0 N–H and O–H groups in total. The second-order valence-corrected chi connectivity index (χ2v) is 7.20. The van der Waals surface area contributed by atoms with Gasteiger partial charge >= 0.3 is 0 Å². The largest absolute Gasteiger partial charge is 0.493 e. The fraction of sp³-hybridized carbons (Fsp3) is 0.192. The van der Waals surface area contributed by atoms with E-state index in [1.807, 2.05) is 48.5 Å². The second-order valence-electron chi connectivity index (χ2n) is 7.20. The molecule has 0 aliphatic carbocycles. The van der Waals surface area contributed by atoms with Crippen molar-refractivity contribution >= 4 is 27.8 Å². The Morgan fingerprint density at radius 2 is 1.52 bits per heavy atom. The average molecular weight is 386 g/mol. The molecular formula is C26H23FO2. The van der Waals surface area contributed by atoms with Gasteiger partial charge in [0.25, 0.3) is 0 Å². The first-order valence-electron chi connectivity index (χ1n) is 10.1. The number of carbonyl (C=O) groups is 1. The van der Waals surface area contributed by atoms with Crippen LogP contribution < -0.4 is 4.74 Å². The Balaban J connectivity index is 1.95. The van der Waals surface area contributed by atoms with Crippen molar-refractivity contribution in [1.82, 2.24) is 0 Å². The maximum Gasteiger partial charge on any atom is 0.151 e. The molecule has 0 fully saturated rings. The van der Waals surface area contributed by atoms with E-state index in [1.165, 1.54) is 6.07 Å². The standard InChI is InChI=1S/C26H23FO2/c1-2-3-8-15-29-26-16-23(24(17-28)19-10-5-7-12-22(19)26)20-13-14-25(27)21-11-6-4-9-18(20)21/h4-7,9-14,16-17H,2-3,8,15H2,1H3. The van der Waals surface area contributed by atoms with Gasteiger partial charge in [-0.05, 0) is 40.5 Å². The Labute approximate surface area is 169 Å². The number of ether oxygens (including phenoxy) is 1. The summed E-state index contributed by atoms with van der Waals surface area (Å²) in [5.41, 5.74) is 2.19. The summed E-state index contributed by atoms with van der Waals surface area (Å²) in [6.45, 7) is 2.79. The highest BCUT2D eigenvalue weighted by Gasteiger charge is 2.16. The molecule has 4 aromatic carbocycles. The van der Waals surface area contributed by atoms with Gasteiger partial charge in [0.2, 0.25) is 0 Å². The molecule has 4 rings (SSSR count). The van der Waals surface area contributed by atoms with Crippen molar-refractivity contribution in [2.45, 2.75) is 26.2 Å². The Kier molecular flexibility index (Phi) is 5.57. The maximum absolute atomic E-state index is 14.3. The lowest BCUT2D eigenvalue weighted by Gasteiger charge is -2.16. The van der Waals surface area contributed by atoms with Crippen LogP contribution in [0.25, 0.3) is 32.7 Å². The third kappa shape index (κ3) is 3.61. The minimum Gasteiger partial charge on any atom is -0.493 e. The maximum atomic E-state index is 14.3. The van der Waals surface area contributed by atoms with E-state index < -0.39 is 0 Å². The van der Waals surface area contributed by atoms with Crippen molar-refractivity contribution in [2.75, 3.05) is 6.61 Å². The van der Waals surface area contributed by atoms with Crippen molar-refractivity contribution in [2.24, 2.45) is 0 Å². The van der Waals surface area contributed by atoms with Gasteiger partial charge in [-0.25, -0.2) is 4.39 Å². The molecule has 0 atom stereocenters. The van der Waals surface area contributed by atoms with Crippen LogP contribution in [-0.2, 0) is 0 Å². The molecule has 2 nitrogen and oxygen atoms in total. The zero-order valence-electron chi connectivity index (χ0n) is 16.5. The van der Waals surface area contributed by atoms with Crippen molar-refractivity contribution in [3.8, 4) is 16.9 Å². The highest BCUT2D eigenvalue weighted by Crippen LogP contribution is 2.39. The number of hydrogen-bond donors (Lipinski definition) is 0. The van der Waals surface area contributed by atoms with E-state index in [0.29, 0.717) is 17.6 Å². The van der Waals surface area contributed by atoms with Crippen LogP contribution in [0, 0.1) is 5.82 Å². The predicted octanol–water partition coefficient (Wildman–Crippen LogP) is 7.18. The molecule has 0 saturated carbocycles. The van der Waals surface area contributed by atoms with Crippen LogP contribution in [0.4, 0.5) is 4.39 Å². The zero-order valence-corrected chi connectivity index (χ0v) is 16.5. The minimum absolute atomic E-state index is 0.270. The number of fused-ring (bicyclic) bond motifs is 2. The van der Waals surface area contributed by atoms with Gasteiger partial charge in [-0.2, -0.15) is 0 Å². The number of hydrogen-bond acceptors (Lipinski definition) is 2. The van der Waals surface area contributed by atoms with E-state index in [9.17, 15) is 9.18 Å². The highest BCUT2D eigenvalue weighted by molar-refractivity contribution is 6.10. The lowest BCUT2D eigenvalue weighted by atomic mass is 9.91. The van der Waals surface area contributed by atoms with Crippen molar-refractivity contribution in [3.63, 3.8) is 0 Å². The third-order valence-electron chi connectivity index (χ3n) is 5.33. The predicted molar refractivity (Wildman–Crippen MR) is 117 cm³/mol. The quantitative estimate of drug-likeness (QED) is 0.248. The molecule has 29 heavy (non-hydrogen) atoms. The molecule has 0 aliphatic heterocycles. The summed E-state index contributed by atoms with van der Waals surface area (Å²) in [5, 5.41) is 3.09. The molecule has 0 aromatic heterocycles. The molecule has 0 bridgehead atoms. The molecule has 3 heteroatoms. The first-order valence-corrected chi connectivity index (χ1v) is 10.1. The van der Waals surface area contributed by atoms with Gasteiger partial charge < -0.3 is 4.74 Å². The summed E-state index contributed by atoms with van der Waals surface area (Å²) in [5.74, 6) is 0.486. The van der Waals surface area contributed by atoms with E-state index >= 15 is 0 Å². The SMILES string of the molecule is CCCCCOc1cc(-c2ccc(F)c3ccccc23)c(C=O)c2ccccc12. The monoisotopic (exact) mass is 386 g/mol. The van der Waals surface area contributed by atoms with Gasteiger partial charge in [0.05, 0.1) is 6.61 Å². The normalized spacial score (nSPS) is 11.1. The van der Waals surface area contributed by atoms with Gasteiger partial charge in [0, 0.05) is 16.3 Å². The van der Waals surface area contributed by atoms with Gasteiger partial charge in [0.15, 0.2) is 6.29 Å². The Morgan fingerprint density at radius 3 is 2.24 bits per heavy atom. The molecule has 146 valence electrons. The number of carbonyl (C=O) groups excluding carboxylic acids is 1. The number of aldehydes is 1. The van der Waals surface area contributed by atoms with Crippen LogP contribution in [-0.4, -0.2) is 12.9 Å². The molecule has 0 radical (unpaired) electrons. The lowest BCUT2D eigenvalue weighted by Crippen LogP contribution is -2.00. The molecular weight excluding hydrogens is 363 g/mol. The summed E-state index contributed by atoms with van der Waals surface area (Å²) in [7, 11) is 0. The minimum atomic E-state index is -0.270. The van der Waals surface area contributed by atoms with Crippen LogP contribution in [0.3, 0.4) is 0 Å². The number of rotatable bonds is 7. The van der Waals surface area contributed by atoms with Crippen molar-refractivity contribution in [3.05, 3.63) is 78.1 Å². The van der Waals surface area contributed by atoms with E-state index in [1.54, 1.807) is 12.1 Å². The van der Waals surface area contributed by atoms with Gasteiger partial charge in [0.1, 0.15) is 11.6 Å². The smallest absolute Gasteiger partial charge is 0.151 e.